The van der Waals surface area contributed by atoms with Crippen molar-refractivity contribution >= 4 is 41.2 Å². The molecule has 0 atom stereocenters. The van der Waals surface area contributed by atoms with Crippen LogP contribution < -0.4 is 0 Å². The molecule has 1 nitrogen and oxygen atoms in total. The average molecular weight is 366 g/mol. The van der Waals surface area contributed by atoms with Gasteiger partial charge in [-0.2, -0.15) is 0 Å². The van der Waals surface area contributed by atoms with Crippen molar-refractivity contribution in [2.24, 2.45) is 0 Å². The Hall–Kier alpha value is 2.29. The first-order valence-electron chi connectivity index (χ1n) is 0.547. The summed E-state index contributed by atoms with van der Waals surface area (Å²) in [5, 5.41) is 0. The number of hydrogen-bond acceptors (Lipinski definition) is 3. The molecule has 1 radical (unpaired) electrons. The summed E-state index contributed by atoms with van der Waals surface area (Å²) in [5.41, 5.74) is 0. The van der Waals surface area contributed by atoms with Crippen LogP contribution in [0.4, 0.5) is 0 Å². The molecule has 0 saturated heterocycles. The second kappa shape index (κ2) is 26.6. The van der Waals surface area contributed by atoms with Crippen molar-refractivity contribution in [1.82, 2.24) is 0 Å². The molecule has 0 fully saturated rings. The van der Waals surface area contributed by atoms with E-state index >= 15 is 0 Å². The van der Waals surface area contributed by atoms with Crippen molar-refractivity contribution < 1.29 is 36.7 Å². The molecule has 0 N–H and O–H groups in total. The standard InChI is InChI=1S/Cu.In.O.Pd.2S.H. The Labute approximate surface area is 76.6 Å². The van der Waals surface area contributed by atoms with Crippen LogP contribution >= 0.6 is 18.9 Å². The van der Waals surface area contributed by atoms with Crippen LogP contribution in [0.5, 0.6) is 0 Å². The van der Waals surface area contributed by atoms with Crippen molar-refractivity contribution in [3.8, 4) is 0 Å². The third-order valence-corrected chi connectivity index (χ3v) is 0. The maximum atomic E-state index is 8.80. The normalized spacial score (nSPS) is 3.83. The van der Waals surface area contributed by atoms with Gasteiger partial charge in [-0.25, -0.2) is 0 Å². The second-order valence-corrected chi connectivity index (χ2v) is 0.935. The molecule has 0 unspecified atom stereocenters. The van der Waals surface area contributed by atoms with E-state index in [-0.39, 0.29) is 17.1 Å². The fourth-order valence-electron chi connectivity index (χ4n) is 0. The van der Waals surface area contributed by atoms with Crippen LogP contribution in [-0.2, 0) is 36.7 Å². The summed E-state index contributed by atoms with van der Waals surface area (Å²) in [6.45, 7) is 0. The Balaban J connectivity index is -0.0000000275. The van der Waals surface area contributed by atoms with Gasteiger partial charge in [0.2, 0.25) is 0 Å². The van der Waals surface area contributed by atoms with Crippen molar-refractivity contribution in [2.45, 2.75) is 0 Å². The summed E-state index contributed by atoms with van der Waals surface area (Å²) in [5.74, 6) is 0. The SMILES string of the molecule is [Cu].[O]=[Pd]=[S].[S]=[InH]. The van der Waals surface area contributed by atoms with Gasteiger partial charge in [0, 0.05) is 17.1 Å². The van der Waals surface area contributed by atoms with Gasteiger partial charge in [0.05, 0.1) is 0 Å². The van der Waals surface area contributed by atoms with Gasteiger partial charge in [-0.1, -0.05) is 0 Å². The van der Waals surface area contributed by atoms with E-state index in [9.17, 15) is 0 Å². The van der Waals surface area contributed by atoms with Crippen LogP contribution in [0.15, 0.2) is 0 Å². The fraction of sp³-hybridized carbons (Fsp3) is 0. The summed E-state index contributed by atoms with van der Waals surface area (Å²) < 4.78 is 8.80. The van der Waals surface area contributed by atoms with Gasteiger partial charge in [-0.05, 0) is 0 Å². The van der Waals surface area contributed by atoms with Gasteiger partial charge in [-0.15, -0.1) is 0 Å². The van der Waals surface area contributed by atoms with Crippen molar-refractivity contribution in [3.05, 3.63) is 0 Å². The first kappa shape index (κ1) is 15.7. The molecule has 6 heteroatoms. The zero-order valence-corrected chi connectivity index (χ0v) is 10.7. The number of hydrogen-bond donors (Lipinski definition) is 0. The molecular weight excluding hydrogens is 365 g/mol. The van der Waals surface area contributed by atoms with E-state index in [0.717, 1.165) is 22.4 Å². The van der Waals surface area contributed by atoms with Gasteiger partial charge in [0.25, 0.3) is 0 Å². The van der Waals surface area contributed by atoms with Gasteiger partial charge in [0.15, 0.2) is 0 Å². The Bertz CT molecular complexity index is 42.8. The van der Waals surface area contributed by atoms with Crippen molar-refractivity contribution in [3.63, 3.8) is 0 Å². The van der Waals surface area contributed by atoms with Crippen molar-refractivity contribution in [2.75, 3.05) is 0 Å². The van der Waals surface area contributed by atoms with E-state index in [0.29, 0.717) is 0 Å². The van der Waals surface area contributed by atoms with Crippen LogP contribution in [0.25, 0.3) is 0 Å². The topological polar surface area (TPSA) is 17.1 Å². The predicted molar refractivity (Wildman–Crippen MR) is 23.0 cm³/mol. The van der Waals surface area contributed by atoms with Crippen LogP contribution in [0, 0.1) is 0 Å². The van der Waals surface area contributed by atoms with E-state index in [1.807, 2.05) is 0 Å². The summed E-state index contributed by atoms with van der Waals surface area (Å²) in [7, 11) is 8.14. The predicted octanol–water partition coefficient (Wildman–Crippen LogP) is 0.524. The van der Waals surface area contributed by atoms with Gasteiger partial charge in [0.1, 0.15) is 0 Å². The molecule has 0 bridgehead atoms. The van der Waals surface area contributed by atoms with E-state index in [1.165, 1.54) is 0 Å². The molecule has 0 saturated carbocycles. The number of rotatable bonds is 0. The Morgan fingerprint density at radius 1 is 1.50 bits per heavy atom. The van der Waals surface area contributed by atoms with Crippen molar-refractivity contribution in [1.29, 1.82) is 0 Å². The van der Waals surface area contributed by atoms with E-state index in [1.54, 1.807) is 0 Å². The quantitative estimate of drug-likeness (QED) is 0.583. The molecule has 0 aliphatic rings. The second-order valence-electron chi connectivity index (χ2n) is 0.0527. The summed E-state index contributed by atoms with van der Waals surface area (Å²) >= 11 is 0.0167. The molecule has 0 aromatic rings. The third kappa shape index (κ3) is 33.5. The minimum absolute atomic E-state index is 0. The molecule has 6 heavy (non-hydrogen) atoms. The zero-order chi connectivity index (χ0) is 4.71. The molecule has 0 amide bonds. The third-order valence-electron chi connectivity index (χ3n) is 0. The molecule has 0 heterocycles. The molecule has 43 valence electrons. The molecule has 0 rings (SSSR count). The van der Waals surface area contributed by atoms with E-state index in [4.69, 9.17) is 3.47 Å². The molecule has 0 aromatic heterocycles. The Kier molecular flexibility index (Phi) is 69.9. The van der Waals surface area contributed by atoms with Crippen LogP contribution in [-0.4, -0.2) is 22.4 Å². The summed E-state index contributed by atoms with van der Waals surface area (Å²) in [6.07, 6.45) is 0. The van der Waals surface area contributed by atoms with E-state index in [2.05, 4.69) is 18.9 Å². The first-order valence-corrected chi connectivity index (χ1v) is 8.86. The van der Waals surface area contributed by atoms with Gasteiger partial charge in [-0.3, -0.25) is 0 Å². The Morgan fingerprint density at radius 2 is 1.50 bits per heavy atom. The molecular formula is HCuInOPdS2. The zero-order valence-electron chi connectivity index (χ0n) is 2.55. The minimum atomic E-state index is -0.717. The van der Waals surface area contributed by atoms with Gasteiger partial charge >= 0.3 is 60.8 Å². The maximum absolute atomic E-state index is 8.80. The average Bonchev–Trinajstić information content (AvgIpc) is 1.46. The molecule has 0 aliphatic heterocycles. The van der Waals surface area contributed by atoms with Gasteiger partial charge < -0.3 is 0 Å². The van der Waals surface area contributed by atoms with Crippen LogP contribution in [0.2, 0.25) is 0 Å². The summed E-state index contributed by atoms with van der Waals surface area (Å²) in [4.78, 5) is 0. The van der Waals surface area contributed by atoms with E-state index < -0.39 is 16.1 Å². The summed E-state index contributed by atoms with van der Waals surface area (Å²) in [6, 6.07) is 0. The molecule has 0 spiro atoms. The fourth-order valence-corrected chi connectivity index (χ4v) is 0. The Morgan fingerprint density at radius 3 is 1.50 bits per heavy atom. The molecule has 0 aromatic carbocycles. The first-order chi connectivity index (χ1) is 2.41. The molecule has 0 aliphatic carbocycles. The van der Waals surface area contributed by atoms with Crippen LogP contribution in [0.3, 0.4) is 0 Å². The van der Waals surface area contributed by atoms with Crippen LogP contribution in [0.1, 0.15) is 0 Å². The monoisotopic (exact) mass is 365 g/mol.